The lowest BCUT2D eigenvalue weighted by Crippen LogP contribution is -2.32. The predicted octanol–water partition coefficient (Wildman–Crippen LogP) is 3.49. The van der Waals surface area contributed by atoms with Crippen molar-refractivity contribution in [3.63, 3.8) is 0 Å². The first-order valence-electron chi connectivity index (χ1n) is 9.23. The molecule has 2 aromatic heterocycles. The molecule has 0 saturated carbocycles. The third kappa shape index (κ3) is 3.40. The Hall–Kier alpha value is -3.09. The number of ether oxygens (including phenoxy) is 1. The van der Waals surface area contributed by atoms with Crippen molar-refractivity contribution in [3.8, 4) is 11.6 Å². The molecule has 0 fully saturated rings. The predicted molar refractivity (Wildman–Crippen MR) is 103 cm³/mol. The largest absolute Gasteiger partial charge is 0.484 e. The lowest BCUT2D eigenvalue weighted by atomic mass is 10.1. The molecule has 0 bridgehead atoms. The maximum Gasteiger partial charge on any atom is 0.261 e. The van der Waals surface area contributed by atoms with E-state index in [-0.39, 0.29) is 23.9 Å². The van der Waals surface area contributed by atoms with E-state index in [0.717, 1.165) is 17.1 Å². The van der Waals surface area contributed by atoms with Crippen LogP contribution in [0.2, 0.25) is 0 Å². The summed E-state index contributed by atoms with van der Waals surface area (Å²) in [6, 6.07) is 9.59. The van der Waals surface area contributed by atoms with Gasteiger partial charge in [0.25, 0.3) is 5.91 Å². The van der Waals surface area contributed by atoms with Gasteiger partial charge in [-0.05, 0) is 57.2 Å². The molecule has 146 valence electrons. The fraction of sp³-hybridized carbons (Fsp3) is 0.333. The number of amides is 1. The molecule has 0 saturated heterocycles. The summed E-state index contributed by atoms with van der Waals surface area (Å²) in [4.78, 5) is 14.4. The van der Waals surface area contributed by atoms with Crippen LogP contribution >= 0.6 is 0 Å². The molecule has 1 aromatic carbocycles. The molecule has 1 amide bonds. The highest BCUT2D eigenvalue weighted by Gasteiger charge is 2.33. The van der Waals surface area contributed by atoms with Gasteiger partial charge in [0.2, 0.25) is 0 Å². The van der Waals surface area contributed by atoms with Crippen molar-refractivity contribution in [2.45, 2.75) is 39.4 Å². The van der Waals surface area contributed by atoms with Crippen molar-refractivity contribution in [3.05, 3.63) is 65.9 Å². The first-order valence-corrected chi connectivity index (χ1v) is 9.23. The molecule has 0 aliphatic carbocycles. The Labute approximate surface area is 163 Å². The summed E-state index contributed by atoms with van der Waals surface area (Å²) in [6.45, 7) is 7.20. The average molecular weight is 382 g/mol. The number of halogens is 1. The minimum absolute atomic E-state index is 0.0893. The van der Waals surface area contributed by atoms with E-state index in [2.05, 4.69) is 20.8 Å². The van der Waals surface area contributed by atoms with E-state index in [1.807, 2.05) is 33.8 Å². The Balaban J connectivity index is 1.52. The minimum atomic E-state index is -0.336. The number of hydrogen-bond acceptors (Lipinski definition) is 3. The molecule has 28 heavy (non-hydrogen) atoms. The van der Waals surface area contributed by atoms with E-state index in [9.17, 15) is 9.18 Å². The molecule has 0 unspecified atom stereocenters. The van der Waals surface area contributed by atoms with Crippen molar-refractivity contribution >= 4 is 5.91 Å². The summed E-state index contributed by atoms with van der Waals surface area (Å²) in [5.41, 5.74) is 1.79. The summed E-state index contributed by atoms with van der Waals surface area (Å²) in [7, 11) is 0. The van der Waals surface area contributed by atoms with Crippen molar-refractivity contribution < 1.29 is 13.9 Å². The van der Waals surface area contributed by atoms with E-state index in [4.69, 9.17) is 9.84 Å². The van der Waals surface area contributed by atoms with Gasteiger partial charge in [0.15, 0.2) is 6.61 Å². The maximum atomic E-state index is 13.0. The molecule has 3 aromatic rings. The SMILES string of the molecule is CC(C)(C)n1nc2c(c1-n1cccc1)CN(C(=O)COc1ccc(F)cc1)C2. The third-order valence-corrected chi connectivity index (χ3v) is 4.74. The van der Waals surface area contributed by atoms with Gasteiger partial charge < -0.3 is 14.2 Å². The average Bonchev–Trinajstić information content (AvgIpc) is 3.35. The van der Waals surface area contributed by atoms with Gasteiger partial charge in [-0.25, -0.2) is 9.07 Å². The molecule has 3 heterocycles. The second-order valence-electron chi connectivity index (χ2n) is 7.91. The molecule has 7 heteroatoms. The molecule has 0 N–H and O–H groups in total. The van der Waals surface area contributed by atoms with Crippen LogP contribution in [-0.2, 0) is 23.4 Å². The Morgan fingerprint density at radius 3 is 2.46 bits per heavy atom. The lowest BCUT2D eigenvalue weighted by molar-refractivity contribution is -0.134. The van der Waals surface area contributed by atoms with Crippen LogP contribution in [0.3, 0.4) is 0 Å². The van der Waals surface area contributed by atoms with Crippen molar-refractivity contribution in [2.24, 2.45) is 0 Å². The number of nitrogens with zero attached hydrogens (tertiary/aromatic N) is 4. The normalized spacial score (nSPS) is 13.6. The fourth-order valence-corrected chi connectivity index (χ4v) is 3.35. The van der Waals surface area contributed by atoms with Crippen LogP contribution in [0.4, 0.5) is 4.39 Å². The van der Waals surface area contributed by atoms with E-state index in [1.165, 1.54) is 24.3 Å². The standard InChI is InChI=1S/C21H23FN4O2/c1-21(2,3)26-20(24-10-4-5-11-24)17-12-25(13-18(17)23-26)19(27)14-28-16-8-6-15(22)7-9-16/h4-11H,12-14H2,1-3H3. The van der Waals surface area contributed by atoms with Gasteiger partial charge >= 0.3 is 0 Å². The zero-order chi connectivity index (χ0) is 19.9. The zero-order valence-corrected chi connectivity index (χ0v) is 16.2. The number of aromatic nitrogens is 3. The van der Waals surface area contributed by atoms with Crippen molar-refractivity contribution in [1.82, 2.24) is 19.2 Å². The second-order valence-corrected chi connectivity index (χ2v) is 7.91. The second kappa shape index (κ2) is 6.82. The maximum absolute atomic E-state index is 13.0. The summed E-state index contributed by atoms with van der Waals surface area (Å²) in [5.74, 6) is 1.000. The van der Waals surface area contributed by atoms with Gasteiger partial charge in [-0.2, -0.15) is 5.10 Å². The number of rotatable bonds is 4. The number of benzene rings is 1. The summed E-state index contributed by atoms with van der Waals surface area (Å²) < 4.78 is 22.5. The Kier molecular flexibility index (Phi) is 4.45. The monoisotopic (exact) mass is 382 g/mol. The minimum Gasteiger partial charge on any atom is -0.484 e. The van der Waals surface area contributed by atoms with Gasteiger partial charge in [0, 0.05) is 18.0 Å². The summed E-state index contributed by atoms with van der Waals surface area (Å²) >= 11 is 0. The molecular weight excluding hydrogens is 359 g/mol. The van der Waals surface area contributed by atoms with Crippen LogP contribution < -0.4 is 4.74 Å². The van der Waals surface area contributed by atoms with Crippen LogP contribution in [0.5, 0.6) is 5.75 Å². The molecular formula is C21H23FN4O2. The van der Waals surface area contributed by atoms with E-state index in [0.29, 0.717) is 18.8 Å². The molecule has 0 radical (unpaired) electrons. The third-order valence-electron chi connectivity index (χ3n) is 4.74. The first-order chi connectivity index (χ1) is 13.3. The van der Waals surface area contributed by atoms with Crippen LogP contribution in [0.15, 0.2) is 48.8 Å². The van der Waals surface area contributed by atoms with Crippen LogP contribution in [0.25, 0.3) is 5.82 Å². The van der Waals surface area contributed by atoms with E-state index >= 15 is 0 Å². The Morgan fingerprint density at radius 1 is 1.14 bits per heavy atom. The van der Waals surface area contributed by atoms with Gasteiger partial charge in [-0.3, -0.25) is 4.79 Å². The molecule has 6 nitrogen and oxygen atoms in total. The smallest absolute Gasteiger partial charge is 0.261 e. The van der Waals surface area contributed by atoms with Crippen molar-refractivity contribution in [2.75, 3.05) is 6.61 Å². The molecule has 0 atom stereocenters. The first kappa shape index (κ1) is 18.3. The topological polar surface area (TPSA) is 52.3 Å². The number of carbonyl (C=O) groups is 1. The summed E-state index contributed by atoms with van der Waals surface area (Å²) in [6.07, 6.45) is 3.98. The van der Waals surface area contributed by atoms with E-state index in [1.54, 1.807) is 4.90 Å². The van der Waals surface area contributed by atoms with Gasteiger partial charge in [-0.15, -0.1) is 0 Å². The number of hydrogen-bond donors (Lipinski definition) is 0. The molecule has 0 spiro atoms. The van der Waals surface area contributed by atoms with Crippen molar-refractivity contribution in [1.29, 1.82) is 0 Å². The number of fused-ring (bicyclic) bond motifs is 1. The van der Waals surface area contributed by atoms with Gasteiger partial charge in [0.1, 0.15) is 17.4 Å². The number of carbonyl (C=O) groups excluding carboxylic acids is 1. The molecule has 4 rings (SSSR count). The molecule has 1 aliphatic rings. The summed E-state index contributed by atoms with van der Waals surface area (Å²) in [5, 5.41) is 4.80. The molecule has 1 aliphatic heterocycles. The van der Waals surface area contributed by atoms with Gasteiger partial charge in [0.05, 0.1) is 24.3 Å². The highest BCUT2D eigenvalue weighted by atomic mass is 19.1. The zero-order valence-electron chi connectivity index (χ0n) is 16.2. The highest BCUT2D eigenvalue weighted by molar-refractivity contribution is 5.78. The van der Waals surface area contributed by atoms with E-state index < -0.39 is 0 Å². The van der Waals surface area contributed by atoms with Crippen LogP contribution in [0, 0.1) is 5.82 Å². The fourth-order valence-electron chi connectivity index (χ4n) is 3.35. The van der Waals surface area contributed by atoms with Crippen LogP contribution in [0.1, 0.15) is 32.0 Å². The Bertz CT molecular complexity index is 985. The van der Waals surface area contributed by atoms with Crippen LogP contribution in [-0.4, -0.2) is 31.8 Å². The highest BCUT2D eigenvalue weighted by Crippen LogP contribution is 2.32. The van der Waals surface area contributed by atoms with Gasteiger partial charge in [-0.1, -0.05) is 0 Å². The lowest BCUT2D eigenvalue weighted by Gasteiger charge is -2.24. The Morgan fingerprint density at radius 2 is 1.82 bits per heavy atom. The quantitative estimate of drug-likeness (QED) is 0.694.